The van der Waals surface area contributed by atoms with Gasteiger partial charge in [0.05, 0.1) is 13.1 Å². The molecule has 0 N–H and O–H groups in total. The molecule has 1 aromatic rings. The maximum atomic E-state index is 2.47. The van der Waals surface area contributed by atoms with E-state index in [1.165, 1.54) is 70.2 Å². The summed E-state index contributed by atoms with van der Waals surface area (Å²) in [5.74, 6) is 1.53. The van der Waals surface area contributed by atoms with Crippen LogP contribution in [0, 0.1) is 0 Å². The molecule has 0 bridgehead atoms. The minimum Gasteiger partial charge on any atom is -0.235 e. The van der Waals surface area contributed by atoms with Crippen molar-refractivity contribution in [2.24, 2.45) is 0 Å². The molecule has 0 radical (unpaired) electrons. The molecule has 1 aromatic heterocycles. The molecule has 19 heavy (non-hydrogen) atoms. The van der Waals surface area contributed by atoms with E-state index in [0.29, 0.717) is 0 Å². The standard InChI is InChI=1S/C17H33N2/c1-4-7-9-10-11-12-13-17-18(6-3)15-16-19(17)14-8-5-2/h15-16H,4-14H2,1-3H3/q+1. The van der Waals surface area contributed by atoms with E-state index in [9.17, 15) is 0 Å². The Morgan fingerprint density at radius 3 is 2.26 bits per heavy atom. The Kier molecular flexibility index (Phi) is 8.61. The first-order valence-corrected chi connectivity index (χ1v) is 8.40. The van der Waals surface area contributed by atoms with Crippen LogP contribution in [-0.2, 0) is 19.5 Å². The van der Waals surface area contributed by atoms with E-state index in [0.717, 1.165) is 6.54 Å². The van der Waals surface area contributed by atoms with Gasteiger partial charge in [0.2, 0.25) is 0 Å². The number of nitrogens with zero attached hydrogens (tertiary/aromatic N) is 2. The van der Waals surface area contributed by atoms with Gasteiger partial charge < -0.3 is 0 Å². The highest BCUT2D eigenvalue weighted by molar-refractivity contribution is 4.84. The topological polar surface area (TPSA) is 8.81 Å². The molecule has 2 heteroatoms. The molecule has 0 aromatic carbocycles. The van der Waals surface area contributed by atoms with E-state index in [-0.39, 0.29) is 0 Å². The van der Waals surface area contributed by atoms with Gasteiger partial charge in [-0.3, -0.25) is 0 Å². The molecule has 0 spiro atoms. The van der Waals surface area contributed by atoms with Gasteiger partial charge in [0.1, 0.15) is 12.4 Å². The monoisotopic (exact) mass is 265 g/mol. The van der Waals surface area contributed by atoms with Crippen molar-refractivity contribution in [1.29, 1.82) is 0 Å². The largest absolute Gasteiger partial charge is 0.256 e. The average Bonchev–Trinajstić information content (AvgIpc) is 2.82. The summed E-state index contributed by atoms with van der Waals surface area (Å²) >= 11 is 0. The molecule has 0 aliphatic heterocycles. The Morgan fingerprint density at radius 2 is 1.58 bits per heavy atom. The van der Waals surface area contributed by atoms with Gasteiger partial charge in [-0.2, -0.15) is 0 Å². The van der Waals surface area contributed by atoms with E-state index in [1.54, 1.807) is 0 Å². The Labute approximate surface area is 119 Å². The first-order valence-electron chi connectivity index (χ1n) is 8.40. The molecule has 0 atom stereocenters. The number of hydrogen-bond donors (Lipinski definition) is 0. The summed E-state index contributed by atoms with van der Waals surface area (Å²) in [6, 6.07) is 0. The number of imidazole rings is 1. The molecule has 0 aliphatic rings. The van der Waals surface area contributed by atoms with E-state index in [1.807, 2.05) is 0 Å². The summed E-state index contributed by atoms with van der Waals surface area (Å²) in [5.41, 5.74) is 0. The fourth-order valence-electron chi connectivity index (χ4n) is 2.67. The second kappa shape index (κ2) is 10.1. The number of aryl methyl sites for hydroxylation is 2. The fraction of sp³-hybridized carbons (Fsp3) is 0.824. The van der Waals surface area contributed by atoms with Crippen LogP contribution in [0.3, 0.4) is 0 Å². The van der Waals surface area contributed by atoms with Crippen molar-refractivity contribution >= 4 is 0 Å². The first-order chi connectivity index (χ1) is 9.33. The second-order valence-electron chi connectivity index (χ2n) is 5.57. The van der Waals surface area contributed by atoms with Gasteiger partial charge in [-0.05, 0) is 19.8 Å². The van der Waals surface area contributed by atoms with Crippen molar-refractivity contribution in [2.45, 2.75) is 91.6 Å². The molecule has 2 nitrogen and oxygen atoms in total. The molecule has 1 heterocycles. The van der Waals surface area contributed by atoms with Crippen LogP contribution in [0.2, 0.25) is 0 Å². The molecule has 0 aliphatic carbocycles. The zero-order chi connectivity index (χ0) is 13.9. The summed E-state index contributed by atoms with van der Waals surface area (Å²) in [4.78, 5) is 0. The first kappa shape index (κ1) is 16.3. The third-order valence-electron chi connectivity index (χ3n) is 3.94. The van der Waals surface area contributed by atoms with Crippen LogP contribution in [0.15, 0.2) is 12.4 Å². The van der Waals surface area contributed by atoms with Crippen LogP contribution < -0.4 is 4.57 Å². The van der Waals surface area contributed by atoms with Crippen molar-refractivity contribution in [3.05, 3.63) is 18.2 Å². The molecule has 0 unspecified atom stereocenters. The Bertz CT molecular complexity index is 328. The SMILES string of the molecule is CCCCCCCCc1n(CCCC)cc[n+]1CC. The van der Waals surface area contributed by atoms with Crippen LogP contribution in [0.4, 0.5) is 0 Å². The summed E-state index contributed by atoms with van der Waals surface area (Å²) < 4.78 is 4.89. The lowest BCUT2D eigenvalue weighted by Gasteiger charge is -2.04. The quantitative estimate of drug-likeness (QED) is 0.411. The molecule has 0 amide bonds. The van der Waals surface area contributed by atoms with Gasteiger partial charge >= 0.3 is 0 Å². The lowest BCUT2D eigenvalue weighted by Crippen LogP contribution is -2.36. The zero-order valence-corrected chi connectivity index (χ0v) is 13.3. The third-order valence-corrected chi connectivity index (χ3v) is 3.94. The molecule has 1 rings (SSSR count). The smallest absolute Gasteiger partial charge is 0.235 e. The lowest BCUT2D eigenvalue weighted by molar-refractivity contribution is -0.700. The van der Waals surface area contributed by atoms with Gasteiger partial charge in [-0.15, -0.1) is 0 Å². The Balaban J connectivity index is 2.39. The highest BCUT2D eigenvalue weighted by atomic mass is 15.1. The molecule has 110 valence electrons. The summed E-state index contributed by atoms with van der Waals surface area (Å²) in [7, 11) is 0. The van der Waals surface area contributed by atoms with Crippen molar-refractivity contribution < 1.29 is 4.57 Å². The maximum absolute atomic E-state index is 2.47. The number of rotatable bonds is 11. The van der Waals surface area contributed by atoms with Gasteiger partial charge in [0, 0.05) is 6.42 Å². The number of unbranched alkanes of at least 4 members (excludes halogenated alkanes) is 6. The Morgan fingerprint density at radius 1 is 0.895 bits per heavy atom. The molecule has 0 saturated carbocycles. The fourth-order valence-corrected chi connectivity index (χ4v) is 2.67. The molecular formula is C17H33N2+. The van der Waals surface area contributed by atoms with Crippen LogP contribution in [0.1, 0.15) is 78.0 Å². The minimum atomic E-state index is 1.10. The van der Waals surface area contributed by atoms with Gasteiger partial charge in [-0.25, -0.2) is 9.13 Å². The molecule has 0 saturated heterocycles. The minimum absolute atomic E-state index is 1.10. The summed E-state index contributed by atoms with van der Waals surface area (Å²) in [6.07, 6.45) is 16.7. The van der Waals surface area contributed by atoms with Crippen molar-refractivity contribution in [2.75, 3.05) is 0 Å². The van der Waals surface area contributed by atoms with Gasteiger partial charge in [-0.1, -0.05) is 52.4 Å². The summed E-state index contributed by atoms with van der Waals surface area (Å²) in [5, 5.41) is 0. The Hall–Kier alpha value is -0.790. The molecule has 0 fully saturated rings. The van der Waals surface area contributed by atoms with Crippen LogP contribution >= 0.6 is 0 Å². The highest BCUT2D eigenvalue weighted by Crippen LogP contribution is 2.09. The highest BCUT2D eigenvalue weighted by Gasteiger charge is 2.14. The third kappa shape index (κ3) is 5.80. The van der Waals surface area contributed by atoms with Gasteiger partial charge in [0.25, 0.3) is 5.82 Å². The predicted octanol–water partition coefficient (Wildman–Crippen LogP) is 4.50. The van der Waals surface area contributed by atoms with E-state index < -0.39 is 0 Å². The number of aromatic nitrogens is 2. The van der Waals surface area contributed by atoms with E-state index in [4.69, 9.17) is 0 Å². The van der Waals surface area contributed by atoms with Crippen LogP contribution in [0.5, 0.6) is 0 Å². The van der Waals surface area contributed by atoms with Crippen molar-refractivity contribution in [1.82, 2.24) is 4.57 Å². The van der Waals surface area contributed by atoms with Crippen LogP contribution in [0.25, 0.3) is 0 Å². The maximum Gasteiger partial charge on any atom is 0.256 e. The molecular weight excluding hydrogens is 232 g/mol. The van der Waals surface area contributed by atoms with Crippen molar-refractivity contribution in [3.63, 3.8) is 0 Å². The van der Waals surface area contributed by atoms with E-state index >= 15 is 0 Å². The second-order valence-corrected chi connectivity index (χ2v) is 5.57. The lowest BCUT2D eigenvalue weighted by atomic mass is 10.1. The predicted molar refractivity (Wildman–Crippen MR) is 82.3 cm³/mol. The summed E-state index contributed by atoms with van der Waals surface area (Å²) in [6.45, 7) is 9.09. The van der Waals surface area contributed by atoms with E-state index in [2.05, 4.69) is 42.3 Å². The van der Waals surface area contributed by atoms with Gasteiger partial charge in [0.15, 0.2) is 0 Å². The number of hydrogen-bond acceptors (Lipinski definition) is 0. The average molecular weight is 265 g/mol. The normalized spacial score (nSPS) is 11.1. The van der Waals surface area contributed by atoms with Crippen LogP contribution in [-0.4, -0.2) is 4.57 Å². The zero-order valence-electron chi connectivity index (χ0n) is 13.3. The van der Waals surface area contributed by atoms with Crippen molar-refractivity contribution in [3.8, 4) is 0 Å².